The normalized spacial score (nSPS) is 11.7. The lowest BCUT2D eigenvalue weighted by Gasteiger charge is -2.08. The summed E-state index contributed by atoms with van der Waals surface area (Å²) in [6.07, 6.45) is 0. The van der Waals surface area contributed by atoms with Gasteiger partial charge in [-0.15, -0.1) is 0 Å². The smallest absolute Gasteiger partial charge is 0.343 e. The van der Waals surface area contributed by atoms with Crippen LogP contribution in [0.4, 0.5) is 0 Å². The van der Waals surface area contributed by atoms with E-state index in [0.717, 1.165) is 0 Å². The SMILES string of the molecule is COC(=O)/C(C(=N)c1ccc(Cl)cc1)=C(/C)O. The van der Waals surface area contributed by atoms with Crippen LogP contribution < -0.4 is 0 Å². The van der Waals surface area contributed by atoms with E-state index in [1.165, 1.54) is 14.0 Å². The Labute approximate surface area is 104 Å². The molecule has 0 radical (unpaired) electrons. The first-order valence-electron chi connectivity index (χ1n) is 4.80. The molecule has 0 unspecified atom stereocenters. The number of aliphatic hydroxyl groups excluding tert-OH is 1. The van der Waals surface area contributed by atoms with Crippen LogP contribution in [0.1, 0.15) is 12.5 Å². The number of nitrogens with one attached hydrogen (secondary N) is 1. The standard InChI is InChI=1S/C12H12ClNO3/c1-7(15)10(12(16)17-2)11(14)8-3-5-9(13)6-4-8/h3-6,14-15H,1-2H3/b10-7-,14-11?. The molecule has 17 heavy (non-hydrogen) atoms. The zero-order chi connectivity index (χ0) is 13.0. The number of carbonyl (C=O) groups is 1. The summed E-state index contributed by atoms with van der Waals surface area (Å²) in [5.74, 6) is -0.998. The molecule has 0 aromatic heterocycles. The Morgan fingerprint density at radius 3 is 2.29 bits per heavy atom. The first kappa shape index (κ1) is 13.3. The zero-order valence-electron chi connectivity index (χ0n) is 9.45. The monoisotopic (exact) mass is 253 g/mol. The minimum absolute atomic E-state index is 0.103. The molecule has 0 fully saturated rings. The second-order valence-corrected chi connectivity index (χ2v) is 3.77. The van der Waals surface area contributed by atoms with Crippen LogP contribution in [-0.4, -0.2) is 23.9 Å². The van der Waals surface area contributed by atoms with Crippen molar-refractivity contribution >= 4 is 23.3 Å². The summed E-state index contributed by atoms with van der Waals surface area (Å²) in [5, 5.41) is 17.8. The van der Waals surface area contributed by atoms with Crippen LogP contribution >= 0.6 is 11.6 Å². The number of rotatable bonds is 3. The van der Waals surface area contributed by atoms with Crippen molar-refractivity contribution in [3.63, 3.8) is 0 Å². The van der Waals surface area contributed by atoms with Crippen molar-refractivity contribution in [2.75, 3.05) is 7.11 Å². The van der Waals surface area contributed by atoms with Crippen molar-refractivity contribution in [2.24, 2.45) is 0 Å². The van der Waals surface area contributed by atoms with E-state index < -0.39 is 5.97 Å². The Morgan fingerprint density at radius 1 is 1.35 bits per heavy atom. The molecule has 0 spiro atoms. The molecule has 0 saturated carbocycles. The third-order valence-electron chi connectivity index (χ3n) is 2.13. The van der Waals surface area contributed by atoms with Gasteiger partial charge in [-0.3, -0.25) is 5.41 Å². The molecule has 2 N–H and O–H groups in total. The molecule has 1 aromatic rings. The van der Waals surface area contributed by atoms with Gasteiger partial charge in [0.15, 0.2) is 0 Å². The second-order valence-electron chi connectivity index (χ2n) is 3.33. The van der Waals surface area contributed by atoms with Gasteiger partial charge < -0.3 is 9.84 Å². The Hall–Kier alpha value is -1.81. The lowest BCUT2D eigenvalue weighted by molar-refractivity contribution is -0.135. The van der Waals surface area contributed by atoms with Crippen molar-refractivity contribution in [3.05, 3.63) is 46.2 Å². The van der Waals surface area contributed by atoms with Gasteiger partial charge in [0, 0.05) is 10.6 Å². The van der Waals surface area contributed by atoms with Gasteiger partial charge in [-0.2, -0.15) is 0 Å². The first-order chi connectivity index (χ1) is 7.97. The summed E-state index contributed by atoms with van der Waals surface area (Å²) in [6.45, 7) is 1.33. The van der Waals surface area contributed by atoms with E-state index in [-0.39, 0.29) is 17.0 Å². The lowest BCUT2D eigenvalue weighted by atomic mass is 10.0. The molecule has 0 amide bonds. The largest absolute Gasteiger partial charge is 0.512 e. The topological polar surface area (TPSA) is 70.4 Å². The van der Waals surface area contributed by atoms with Crippen LogP contribution in [-0.2, 0) is 9.53 Å². The number of carbonyl (C=O) groups excluding carboxylic acids is 1. The predicted molar refractivity (Wildman–Crippen MR) is 65.6 cm³/mol. The summed E-state index contributed by atoms with van der Waals surface area (Å²) in [7, 11) is 1.19. The van der Waals surface area contributed by atoms with Gasteiger partial charge >= 0.3 is 5.97 Å². The molecule has 90 valence electrons. The minimum Gasteiger partial charge on any atom is -0.512 e. The van der Waals surface area contributed by atoms with Crippen LogP contribution in [0, 0.1) is 5.41 Å². The fourth-order valence-corrected chi connectivity index (χ4v) is 1.42. The number of halogens is 1. The third-order valence-corrected chi connectivity index (χ3v) is 2.39. The fraction of sp³-hybridized carbons (Fsp3) is 0.167. The molecule has 5 heteroatoms. The average Bonchev–Trinajstić information content (AvgIpc) is 2.29. The zero-order valence-corrected chi connectivity index (χ0v) is 10.2. The van der Waals surface area contributed by atoms with E-state index in [1.807, 2.05) is 0 Å². The fourth-order valence-electron chi connectivity index (χ4n) is 1.29. The van der Waals surface area contributed by atoms with Crippen LogP contribution in [0.3, 0.4) is 0 Å². The molecule has 0 saturated heterocycles. The van der Waals surface area contributed by atoms with E-state index in [1.54, 1.807) is 24.3 Å². The summed E-state index contributed by atoms with van der Waals surface area (Å²) in [4.78, 5) is 11.4. The van der Waals surface area contributed by atoms with Gasteiger partial charge in [-0.1, -0.05) is 23.7 Å². The number of methoxy groups -OCH3 is 1. The van der Waals surface area contributed by atoms with Gasteiger partial charge in [-0.05, 0) is 19.1 Å². The Kier molecular flexibility index (Phi) is 4.29. The van der Waals surface area contributed by atoms with Gasteiger partial charge in [0.2, 0.25) is 0 Å². The third kappa shape index (κ3) is 3.07. The molecule has 0 atom stereocenters. The second kappa shape index (κ2) is 5.50. The number of hydrogen-bond acceptors (Lipinski definition) is 4. The molecular formula is C12H12ClNO3. The highest BCUT2D eigenvalue weighted by atomic mass is 35.5. The van der Waals surface area contributed by atoms with Gasteiger partial charge in [0.1, 0.15) is 11.3 Å². The number of aliphatic hydroxyl groups is 1. The molecule has 4 nitrogen and oxygen atoms in total. The van der Waals surface area contributed by atoms with Crippen molar-refractivity contribution in [1.82, 2.24) is 0 Å². The molecule has 1 aromatic carbocycles. The number of ether oxygens (including phenoxy) is 1. The highest BCUT2D eigenvalue weighted by molar-refractivity contribution is 6.31. The Morgan fingerprint density at radius 2 is 1.88 bits per heavy atom. The van der Waals surface area contributed by atoms with Crippen LogP contribution in [0.5, 0.6) is 0 Å². The Bertz CT molecular complexity index is 473. The number of allylic oxidation sites excluding steroid dienone is 1. The summed E-state index contributed by atoms with van der Waals surface area (Å²) in [6, 6.07) is 6.40. The summed E-state index contributed by atoms with van der Waals surface area (Å²) < 4.78 is 4.52. The van der Waals surface area contributed by atoms with Gasteiger partial charge in [0.25, 0.3) is 0 Å². The molecule has 1 rings (SSSR count). The number of benzene rings is 1. The van der Waals surface area contributed by atoms with Crippen molar-refractivity contribution in [3.8, 4) is 0 Å². The van der Waals surface area contributed by atoms with E-state index in [9.17, 15) is 9.90 Å². The molecule has 0 heterocycles. The maximum atomic E-state index is 11.4. The van der Waals surface area contributed by atoms with E-state index in [0.29, 0.717) is 10.6 Å². The molecule has 0 aliphatic heterocycles. The number of hydrogen-bond donors (Lipinski definition) is 2. The maximum absolute atomic E-state index is 11.4. The van der Waals surface area contributed by atoms with Gasteiger partial charge in [0.05, 0.1) is 12.8 Å². The van der Waals surface area contributed by atoms with Crippen molar-refractivity contribution in [2.45, 2.75) is 6.92 Å². The number of esters is 1. The molecule has 0 aliphatic carbocycles. The van der Waals surface area contributed by atoms with Crippen LogP contribution in [0.15, 0.2) is 35.6 Å². The summed E-state index contributed by atoms with van der Waals surface area (Å²) >= 11 is 5.72. The molecule has 0 bridgehead atoms. The Balaban J connectivity index is 3.15. The van der Waals surface area contributed by atoms with Crippen LogP contribution in [0.25, 0.3) is 0 Å². The van der Waals surface area contributed by atoms with Gasteiger partial charge in [-0.25, -0.2) is 4.79 Å². The first-order valence-corrected chi connectivity index (χ1v) is 5.18. The van der Waals surface area contributed by atoms with Crippen molar-refractivity contribution < 1.29 is 14.6 Å². The molecule has 0 aliphatic rings. The minimum atomic E-state index is -0.745. The predicted octanol–water partition coefficient (Wildman–Crippen LogP) is 2.71. The molecular weight excluding hydrogens is 242 g/mol. The van der Waals surface area contributed by atoms with E-state index >= 15 is 0 Å². The summed E-state index contributed by atoms with van der Waals surface area (Å²) in [5.41, 5.74) is 0.214. The van der Waals surface area contributed by atoms with Crippen molar-refractivity contribution in [1.29, 1.82) is 5.41 Å². The van der Waals surface area contributed by atoms with E-state index in [4.69, 9.17) is 17.0 Å². The maximum Gasteiger partial charge on any atom is 0.343 e. The van der Waals surface area contributed by atoms with Crippen LogP contribution in [0.2, 0.25) is 5.02 Å². The highest BCUT2D eigenvalue weighted by Gasteiger charge is 2.20. The lowest BCUT2D eigenvalue weighted by Crippen LogP contribution is -2.16. The van der Waals surface area contributed by atoms with E-state index in [2.05, 4.69) is 4.74 Å². The average molecular weight is 254 g/mol. The quantitative estimate of drug-likeness (QED) is 0.377. The highest BCUT2D eigenvalue weighted by Crippen LogP contribution is 2.15.